The van der Waals surface area contributed by atoms with Gasteiger partial charge in [0.05, 0.1) is 25.0 Å². The number of anilines is 2. The maximum Gasteiger partial charge on any atom is 0.418 e. The Morgan fingerprint density at radius 1 is 0.958 bits per heavy atom. The minimum Gasteiger partial charge on any atom is -0.452 e. The van der Waals surface area contributed by atoms with Crippen LogP contribution in [0.1, 0.15) is 19.4 Å². The van der Waals surface area contributed by atoms with Gasteiger partial charge in [-0.25, -0.2) is 14.7 Å². The highest BCUT2D eigenvalue weighted by Gasteiger charge is 2.51. The van der Waals surface area contributed by atoms with Crippen LogP contribution < -0.4 is 21.1 Å². The van der Waals surface area contributed by atoms with Gasteiger partial charge >= 0.3 is 12.0 Å². The number of hydrogen-bond donors (Lipinski definition) is 2. The molecule has 250 valence electrons. The molecule has 0 aliphatic heterocycles. The van der Waals surface area contributed by atoms with Gasteiger partial charge in [0.15, 0.2) is 0 Å². The summed E-state index contributed by atoms with van der Waals surface area (Å²) < 4.78 is 36.1. The second-order valence-corrected chi connectivity index (χ2v) is 11.0. The second kappa shape index (κ2) is 15.7. The SMILES string of the molecule is COC(=O)N(c1ccncc1)c1cnc(-c2ccccc2)n(CC(=O)NC(C(=O)C(F)(F)C(=O)NCCc2ccccc2)C(C)C)c1=O. The number of carbonyl (C=O) groups is 4. The zero-order valence-corrected chi connectivity index (χ0v) is 26.4. The number of hydrogen-bond acceptors (Lipinski definition) is 8. The number of nitrogens with zero attached hydrogens (tertiary/aromatic N) is 4. The van der Waals surface area contributed by atoms with Crippen LogP contribution in [0.2, 0.25) is 0 Å². The number of alkyl halides is 2. The predicted molar refractivity (Wildman–Crippen MR) is 173 cm³/mol. The molecule has 2 N–H and O–H groups in total. The highest BCUT2D eigenvalue weighted by atomic mass is 19.3. The molecule has 48 heavy (non-hydrogen) atoms. The first-order chi connectivity index (χ1) is 22.9. The molecule has 3 amide bonds. The van der Waals surface area contributed by atoms with Crippen molar-refractivity contribution in [3.63, 3.8) is 0 Å². The average molecular weight is 661 g/mol. The number of aromatic nitrogens is 3. The Labute approximate surface area is 274 Å². The van der Waals surface area contributed by atoms with E-state index in [1.807, 2.05) is 0 Å². The molecule has 0 aliphatic carbocycles. The number of carbonyl (C=O) groups excluding carboxylic acids is 4. The van der Waals surface area contributed by atoms with Crippen molar-refractivity contribution in [2.45, 2.75) is 38.8 Å². The monoisotopic (exact) mass is 660 g/mol. The quantitative estimate of drug-likeness (QED) is 0.205. The van der Waals surface area contributed by atoms with Crippen LogP contribution >= 0.6 is 0 Å². The van der Waals surface area contributed by atoms with E-state index >= 15 is 8.78 Å². The normalized spacial score (nSPS) is 11.8. The largest absolute Gasteiger partial charge is 0.452 e. The lowest BCUT2D eigenvalue weighted by molar-refractivity contribution is -0.161. The van der Waals surface area contributed by atoms with E-state index in [4.69, 9.17) is 4.74 Å². The molecule has 0 bridgehead atoms. The molecule has 2 aromatic heterocycles. The number of Topliss-reactive ketones (excluding diaryl/α,β-unsaturated/α-hetero) is 1. The third kappa shape index (κ3) is 8.13. The number of benzene rings is 2. The molecule has 14 heteroatoms. The molecule has 1 atom stereocenters. The van der Waals surface area contributed by atoms with Gasteiger partial charge in [-0.2, -0.15) is 8.78 Å². The fourth-order valence-electron chi connectivity index (χ4n) is 4.81. The lowest BCUT2D eigenvalue weighted by Gasteiger charge is -2.26. The molecule has 2 heterocycles. The average Bonchev–Trinajstić information content (AvgIpc) is 3.09. The lowest BCUT2D eigenvalue weighted by Crippen LogP contribution is -2.57. The highest BCUT2D eigenvalue weighted by molar-refractivity contribution is 6.10. The van der Waals surface area contributed by atoms with Crippen LogP contribution in [0.4, 0.5) is 25.0 Å². The minimum absolute atomic E-state index is 0.0228. The van der Waals surface area contributed by atoms with E-state index in [2.05, 4.69) is 20.6 Å². The Morgan fingerprint density at radius 2 is 1.58 bits per heavy atom. The molecule has 0 saturated heterocycles. The van der Waals surface area contributed by atoms with E-state index < -0.39 is 53.7 Å². The van der Waals surface area contributed by atoms with Crippen molar-refractivity contribution in [3.05, 3.63) is 107 Å². The number of methoxy groups -OCH3 is 1. The summed E-state index contributed by atoms with van der Waals surface area (Å²) in [5.74, 6) is -9.89. The Morgan fingerprint density at radius 3 is 2.19 bits per heavy atom. The summed E-state index contributed by atoms with van der Waals surface area (Å²) in [5.41, 5.74) is 0.318. The third-order valence-corrected chi connectivity index (χ3v) is 7.28. The first-order valence-electron chi connectivity index (χ1n) is 14.9. The molecule has 12 nitrogen and oxygen atoms in total. The van der Waals surface area contributed by atoms with Gasteiger partial charge in [0, 0.05) is 24.5 Å². The van der Waals surface area contributed by atoms with Crippen LogP contribution in [0.3, 0.4) is 0 Å². The predicted octanol–water partition coefficient (Wildman–Crippen LogP) is 3.91. The Bertz CT molecular complexity index is 1800. The van der Waals surface area contributed by atoms with Crippen LogP contribution in [0, 0.1) is 5.92 Å². The van der Waals surface area contributed by atoms with E-state index in [-0.39, 0.29) is 30.2 Å². The molecule has 2 aromatic carbocycles. The molecule has 0 fully saturated rings. The van der Waals surface area contributed by atoms with Gasteiger partial charge in [-0.15, -0.1) is 0 Å². The van der Waals surface area contributed by atoms with Crippen LogP contribution in [-0.4, -0.2) is 63.8 Å². The van der Waals surface area contributed by atoms with E-state index in [9.17, 15) is 24.0 Å². The fraction of sp³-hybridized carbons (Fsp3) is 0.265. The molecule has 0 saturated carbocycles. The zero-order valence-electron chi connectivity index (χ0n) is 26.4. The van der Waals surface area contributed by atoms with Crippen LogP contribution in [0.15, 0.2) is 96.2 Å². The first kappa shape index (κ1) is 35.1. The molecule has 0 aliphatic rings. The second-order valence-electron chi connectivity index (χ2n) is 11.0. The molecule has 0 spiro atoms. The van der Waals surface area contributed by atoms with Crippen molar-refractivity contribution >= 4 is 35.1 Å². The van der Waals surface area contributed by atoms with Crippen molar-refractivity contribution in [2.24, 2.45) is 5.92 Å². The smallest absolute Gasteiger partial charge is 0.418 e. The number of pyridine rings is 1. The van der Waals surface area contributed by atoms with Crippen LogP contribution in [-0.2, 0) is 32.1 Å². The molecule has 1 unspecified atom stereocenters. The van der Waals surface area contributed by atoms with Gasteiger partial charge in [0.1, 0.15) is 18.1 Å². The molecule has 4 aromatic rings. The van der Waals surface area contributed by atoms with Gasteiger partial charge in [-0.3, -0.25) is 28.7 Å². The van der Waals surface area contributed by atoms with Gasteiger partial charge in [0.25, 0.3) is 11.5 Å². The van der Waals surface area contributed by atoms with Crippen molar-refractivity contribution in [1.82, 2.24) is 25.2 Å². The van der Waals surface area contributed by atoms with Gasteiger partial charge in [-0.1, -0.05) is 74.5 Å². The van der Waals surface area contributed by atoms with E-state index in [1.54, 1.807) is 60.7 Å². The van der Waals surface area contributed by atoms with E-state index in [0.717, 1.165) is 28.3 Å². The van der Waals surface area contributed by atoms with Crippen molar-refractivity contribution in [3.8, 4) is 11.4 Å². The topological polar surface area (TPSA) is 153 Å². The Hall–Kier alpha value is -5.79. The van der Waals surface area contributed by atoms with Crippen LogP contribution in [0.5, 0.6) is 0 Å². The van der Waals surface area contributed by atoms with E-state index in [0.29, 0.717) is 5.56 Å². The lowest BCUT2D eigenvalue weighted by atomic mass is 9.95. The summed E-state index contributed by atoms with van der Waals surface area (Å²) in [5, 5.41) is 4.37. The fourth-order valence-corrected chi connectivity index (χ4v) is 4.81. The number of ketones is 1. The number of rotatable bonds is 13. The van der Waals surface area contributed by atoms with Gasteiger partial charge < -0.3 is 15.4 Å². The van der Waals surface area contributed by atoms with Crippen molar-refractivity contribution in [2.75, 3.05) is 18.6 Å². The standard InChI is InChI=1S/C34H34F2N6O6/c1-22(2)28(29(44)34(35,36)32(46)38-19-14-23-10-6-4-7-11-23)40-27(43)21-41-30(24-12-8-5-9-13-24)39-20-26(31(41)45)42(33(47)48-3)25-15-17-37-18-16-25/h4-13,15-18,20,22,28H,14,19,21H2,1-3H3,(H,38,46)(H,40,43). The summed E-state index contributed by atoms with van der Waals surface area (Å²) in [7, 11) is 1.12. The third-order valence-electron chi connectivity index (χ3n) is 7.28. The summed E-state index contributed by atoms with van der Waals surface area (Å²) in [4.78, 5) is 75.0. The molecular formula is C34H34F2N6O6. The molecule has 4 rings (SSSR count). The van der Waals surface area contributed by atoms with Gasteiger partial charge in [-0.05, 0) is 30.0 Å². The first-order valence-corrected chi connectivity index (χ1v) is 14.9. The Balaban J connectivity index is 1.62. The van der Waals surface area contributed by atoms with Crippen molar-refractivity contribution in [1.29, 1.82) is 0 Å². The number of amides is 3. The molecular weight excluding hydrogens is 626 g/mol. The highest BCUT2D eigenvalue weighted by Crippen LogP contribution is 2.25. The summed E-state index contributed by atoms with van der Waals surface area (Å²) in [6, 6.07) is 18.3. The van der Waals surface area contributed by atoms with Crippen molar-refractivity contribution < 1.29 is 32.7 Å². The van der Waals surface area contributed by atoms with E-state index in [1.165, 1.54) is 38.4 Å². The molecule has 0 radical (unpaired) electrons. The maximum absolute atomic E-state index is 15.2. The minimum atomic E-state index is -4.46. The number of halogens is 2. The maximum atomic E-state index is 15.2. The number of ether oxygens (including phenoxy) is 1. The van der Waals surface area contributed by atoms with Gasteiger partial charge in [0.2, 0.25) is 11.7 Å². The zero-order chi connectivity index (χ0) is 34.8. The number of nitrogens with one attached hydrogen (secondary N) is 2. The Kier molecular flexibility index (Phi) is 11.4. The summed E-state index contributed by atoms with van der Waals surface area (Å²) in [6.45, 7) is 1.94. The summed E-state index contributed by atoms with van der Waals surface area (Å²) in [6.07, 6.45) is 3.27. The van der Waals surface area contributed by atoms with Crippen LogP contribution in [0.25, 0.3) is 11.4 Å². The summed E-state index contributed by atoms with van der Waals surface area (Å²) >= 11 is 0.